The van der Waals surface area contributed by atoms with Gasteiger partial charge in [0.1, 0.15) is 0 Å². The third-order valence-corrected chi connectivity index (χ3v) is 16.6. The second kappa shape index (κ2) is 8.28. The summed E-state index contributed by atoms with van der Waals surface area (Å²) >= 11 is 0. The van der Waals surface area contributed by atoms with Crippen LogP contribution in [0.5, 0.6) is 0 Å². The molecule has 5 atom stereocenters. The summed E-state index contributed by atoms with van der Waals surface area (Å²) in [6, 6.07) is 7.69. The van der Waals surface area contributed by atoms with Gasteiger partial charge in [-0.1, -0.05) is 78.5 Å². The molecule has 1 aromatic carbocycles. The first-order valence-corrected chi connectivity index (χ1v) is 17.5. The van der Waals surface area contributed by atoms with E-state index in [0.29, 0.717) is 5.92 Å². The molecule has 0 aromatic heterocycles. The van der Waals surface area contributed by atoms with Crippen LogP contribution in [-0.4, -0.2) is 38.7 Å². The molecule has 5 nitrogen and oxygen atoms in total. The van der Waals surface area contributed by atoms with Gasteiger partial charge in [0.25, 0.3) is 0 Å². The highest BCUT2D eigenvalue weighted by Crippen LogP contribution is 2.70. The molecule has 2 saturated carbocycles. The monoisotopic (exact) mass is 517 g/mol. The van der Waals surface area contributed by atoms with Crippen molar-refractivity contribution in [2.24, 2.45) is 22.7 Å². The molecule has 4 rings (SSSR count). The molecule has 3 aliphatic rings. The summed E-state index contributed by atoms with van der Waals surface area (Å²) in [5, 5.41) is -0.0481. The van der Waals surface area contributed by atoms with Gasteiger partial charge in [-0.15, -0.1) is 0 Å². The van der Waals surface area contributed by atoms with Crippen LogP contribution in [0.1, 0.15) is 78.0 Å². The highest BCUT2D eigenvalue weighted by molar-refractivity contribution is 7.90. The first-order valence-electron chi connectivity index (χ1n) is 12.9. The summed E-state index contributed by atoms with van der Waals surface area (Å²) in [5.41, 5.74) is 1.50. The second-order valence-electron chi connectivity index (χ2n) is 13.2. The summed E-state index contributed by atoms with van der Waals surface area (Å²) in [6.45, 7) is 21.0. The van der Waals surface area contributed by atoms with Gasteiger partial charge in [-0.05, 0) is 59.9 Å². The SMILES string of the molecule is C=Cc1ccc([C@@H](O[Si](C)(C)C(C)(C)C)[C@@H](C)C(=O)N2C3CC4CCC3(CS2(=O)=O)C4(C)C)cc1. The van der Waals surface area contributed by atoms with Crippen LogP contribution in [0.2, 0.25) is 18.1 Å². The van der Waals surface area contributed by atoms with Gasteiger partial charge in [-0.2, -0.15) is 0 Å². The van der Waals surface area contributed by atoms with Crippen molar-refractivity contribution in [2.75, 3.05) is 5.75 Å². The maximum Gasteiger partial charge on any atom is 0.242 e. The fourth-order valence-corrected chi connectivity index (χ4v) is 10.6. The van der Waals surface area contributed by atoms with Crippen molar-refractivity contribution in [3.8, 4) is 0 Å². The minimum Gasteiger partial charge on any atom is -0.409 e. The Morgan fingerprint density at radius 2 is 1.83 bits per heavy atom. The van der Waals surface area contributed by atoms with E-state index < -0.39 is 30.4 Å². The number of benzene rings is 1. The Hall–Kier alpha value is -1.44. The number of carbonyl (C=O) groups excluding carboxylic acids is 1. The predicted molar refractivity (Wildman–Crippen MR) is 145 cm³/mol. The molecule has 1 heterocycles. The molecule has 35 heavy (non-hydrogen) atoms. The van der Waals surface area contributed by atoms with E-state index in [0.717, 1.165) is 30.4 Å². The first-order chi connectivity index (χ1) is 16.0. The zero-order valence-corrected chi connectivity index (χ0v) is 24.5. The normalized spacial score (nSPS) is 30.7. The Labute approximate surface area is 213 Å². The van der Waals surface area contributed by atoms with Gasteiger partial charge in [0.15, 0.2) is 8.32 Å². The number of carbonyl (C=O) groups is 1. The van der Waals surface area contributed by atoms with Crippen LogP contribution in [0.15, 0.2) is 30.8 Å². The van der Waals surface area contributed by atoms with Gasteiger partial charge in [-0.3, -0.25) is 4.79 Å². The highest BCUT2D eigenvalue weighted by Gasteiger charge is 2.72. The third kappa shape index (κ3) is 3.97. The Morgan fingerprint density at radius 1 is 1.23 bits per heavy atom. The summed E-state index contributed by atoms with van der Waals surface area (Å²) in [6.07, 6.45) is 4.01. The van der Waals surface area contributed by atoms with E-state index in [-0.39, 0.29) is 33.6 Å². The summed E-state index contributed by atoms with van der Waals surface area (Å²) < 4.78 is 35.2. The number of hydrogen-bond donors (Lipinski definition) is 0. The summed E-state index contributed by atoms with van der Waals surface area (Å²) in [5.74, 6) is -0.369. The molecule has 3 unspecified atom stereocenters. The average Bonchev–Trinajstić information content (AvgIpc) is 3.24. The standard InChI is InChI=1S/C28H43NO4SSi/c1-10-20-11-13-21(14-12-20)24(33-35(8,9)26(3,4)5)19(2)25(30)29-23-17-22-15-16-28(23,27(22,6)7)18-34(29,31)32/h10-14,19,22-24H,1,15-18H2,2-9H3/t19-,22?,23?,24+,28?/m1/s1. The largest absolute Gasteiger partial charge is 0.409 e. The van der Waals surface area contributed by atoms with Crippen LogP contribution in [0, 0.1) is 22.7 Å². The topological polar surface area (TPSA) is 63.7 Å². The molecule has 0 radical (unpaired) electrons. The third-order valence-electron chi connectivity index (χ3n) is 10.2. The van der Waals surface area contributed by atoms with Crippen molar-refractivity contribution in [1.29, 1.82) is 0 Å². The zero-order valence-electron chi connectivity index (χ0n) is 22.7. The van der Waals surface area contributed by atoms with Crippen molar-refractivity contribution < 1.29 is 17.6 Å². The van der Waals surface area contributed by atoms with Gasteiger partial charge in [-0.25, -0.2) is 12.7 Å². The fourth-order valence-electron chi connectivity index (χ4n) is 6.68. The molecular weight excluding hydrogens is 474 g/mol. The number of amides is 1. The molecule has 0 N–H and O–H groups in total. The number of fused-ring (bicyclic) bond motifs is 1. The van der Waals surface area contributed by atoms with Crippen LogP contribution >= 0.6 is 0 Å². The molecule has 7 heteroatoms. The van der Waals surface area contributed by atoms with E-state index in [1.54, 1.807) is 6.08 Å². The lowest BCUT2D eigenvalue weighted by Gasteiger charge is -2.42. The predicted octanol–water partition coefficient (Wildman–Crippen LogP) is 6.40. The minimum atomic E-state index is -3.68. The van der Waals surface area contributed by atoms with Crippen LogP contribution in [0.25, 0.3) is 6.08 Å². The smallest absolute Gasteiger partial charge is 0.242 e. The van der Waals surface area contributed by atoms with Crippen molar-refractivity contribution in [1.82, 2.24) is 4.31 Å². The van der Waals surface area contributed by atoms with Crippen LogP contribution in [-0.2, 0) is 19.2 Å². The lowest BCUT2D eigenvalue weighted by Crippen LogP contribution is -2.49. The lowest BCUT2D eigenvalue weighted by molar-refractivity contribution is -0.136. The summed E-state index contributed by atoms with van der Waals surface area (Å²) in [7, 11) is -5.94. The zero-order chi connectivity index (χ0) is 26.2. The Kier molecular flexibility index (Phi) is 6.30. The van der Waals surface area contributed by atoms with Gasteiger partial charge in [0, 0.05) is 5.41 Å². The maximum atomic E-state index is 14.1. The van der Waals surface area contributed by atoms with Crippen molar-refractivity contribution in [3.63, 3.8) is 0 Å². The van der Waals surface area contributed by atoms with Crippen LogP contribution in [0.3, 0.4) is 0 Å². The Bertz CT molecular complexity index is 1120. The van der Waals surface area contributed by atoms with E-state index in [2.05, 4.69) is 54.3 Å². The molecule has 1 aliphatic heterocycles. The number of hydrogen-bond acceptors (Lipinski definition) is 4. The van der Waals surface area contributed by atoms with E-state index in [1.807, 2.05) is 31.2 Å². The van der Waals surface area contributed by atoms with Crippen LogP contribution < -0.4 is 0 Å². The molecule has 1 aromatic rings. The Morgan fingerprint density at radius 3 is 2.34 bits per heavy atom. The van der Waals surface area contributed by atoms with E-state index in [9.17, 15) is 13.2 Å². The van der Waals surface area contributed by atoms with Gasteiger partial charge in [0.05, 0.1) is 23.8 Å². The van der Waals surface area contributed by atoms with E-state index in [4.69, 9.17) is 4.43 Å². The van der Waals surface area contributed by atoms with E-state index >= 15 is 0 Å². The lowest BCUT2D eigenvalue weighted by atomic mass is 9.69. The van der Waals surface area contributed by atoms with Crippen molar-refractivity contribution >= 4 is 30.3 Å². The van der Waals surface area contributed by atoms with Gasteiger partial charge in [0.2, 0.25) is 15.9 Å². The van der Waals surface area contributed by atoms with Gasteiger partial charge >= 0.3 is 0 Å². The average molecular weight is 518 g/mol. The molecule has 3 fully saturated rings. The molecule has 2 bridgehead atoms. The van der Waals surface area contributed by atoms with Crippen molar-refractivity contribution in [3.05, 3.63) is 42.0 Å². The van der Waals surface area contributed by atoms with Gasteiger partial charge < -0.3 is 4.43 Å². The highest BCUT2D eigenvalue weighted by atomic mass is 32.2. The minimum absolute atomic E-state index is 0.0481. The van der Waals surface area contributed by atoms with Crippen molar-refractivity contribution in [2.45, 2.75) is 91.1 Å². The second-order valence-corrected chi connectivity index (χ2v) is 19.8. The van der Waals surface area contributed by atoms with E-state index in [1.165, 1.54) is 4.31 Å². The number of nitrogens with zero attached hydrogens (tertiary/aromatic N) is 1. The molecule has 1 amide bonds. The molecule has 2 aliphatic carbocycles. The first kappa shape index (κ1) is 26.6. The summed E-state index contributed by atoms with van der Waals surface area (Å²) in [4.78, 5) is 14.1. The molecule has 194 valence electrons. The Balaban J connectivity index is 1.72. The number of rotatable bonds is 6. The molecule has 1 saturated heterocycles. The maximum absolute atomic E-state index is 14.1. The quantitative estimate of drug-likeness (QED) is 0.410. The molecule has 1 spiro atoms. The molecular formula is C28H43NO4SSi. The fraction of sp³-hybridized carbons (Fsp3) is 0.679. The number of sulfonamides is 1. The van der Waals surface area contributed by atoms with Crippen LogP contribution in [0.4, 0.5) is 0 Å².